The van der Waals surface area contributed by atoms with Crippen molar-refractivity contribution >= 4 is 65.1 Å². The van der Waals surface area contributed by atoms with Crippen LogP contribution < -0.4 is 10.1 Å². The van der Waals surface area contributed by atoms with E-state index in [9.17, 15) is 0 Å². The summed E-state index contributed by atoms with van der Waals surface area (Å²) in [5.41, 5.74) is 1.98. The van der Waals surface area contributed by atoms with Gasteiger partial charge in [0.1, 0.15) is 5.75 Å². The molecule has 7 heteroatoms. The van der Waals surface area contributed by atoms with Crippen molar-refractivity contribution in [2.45, 2.75) is 11.8 Å². The fourth-order valence-corrected chi connectivity index (χ4v) is 4.77. The summed E-state index contributed by atoms with van der Waals surface area (Å²) in [5.74, 6) is 0.879. The molecule has 0 aliphatic rings. The van der Waals surface area contributed by atoms with Crippen LogP contribution in [-0.4, -0.2) is 22.8 Å². The molecule has 2 heterocycles. The molecule has 0 atom stereocenters. The average Bonchev–Trinajstić information content (AvgIpc) is 3.16. The van der Waals surface area contributed by atoms with Crippen molar-refractivity contribution in [3.63, 3.8) is 0 Å². The quantitative estimate of drug-likeness (QED) is 0.450. The summed E-state index contributed by atoms with van der Waals surface area (Å²) < 4.78 is 7.84. The lowest BCUT2D eigenvalue weighted by Gasteiger charge is -2.00. The predicted octanol–water partition coefficient (Wildman–Crippen LogP) is 5.77. The highest BCUT2D eigenvalue weighted by Crippen LogP contribution is 2.34. The van der Waals surface area contributed by atoms with E-state index in [0.29, 0.717) is 6.61 Å². The summed E-state index contributed by atoms with van der Waals surface area (Å²) >= 11 is 5.00. The summed E-state index contributed by atoms with van der Waals surface area (Å²) in [6.07, 6.45) is 2.08. The van der Waals surface area contributed by atoms with E-state index < -0.39 is 0 Å². The van der Waals surface area contributed by atoms with Crippen molar-refractivity contribution in [1.82, 2.24) is 9.97 Å². The van der Waals surface area contributed by atoms with Gasteiger partial charge >= 0.3 is 0 Å². The molecule has 122 valence electrons. The predicted molar refractivity (Wildman–Crippen MR) is 105 cm³/mol. The number of benzene rings is 2. The highest BCUT2D eigenvalue weighted by Gasteiger charge is 2.09. The zero-order chi connectivity index (χ0) is 16.5. The Labute approximate surface area is 151 Å². The van der Waals surface area contributed by atoms with Crippen molar-refractivity contribution < 1.29 is 4.74 Å². The molecule has 0 aliphatic carbocycles. The van der Waals surface area contributed by atoms with Gasteiger partial charge in [-0.25, -0.2) is 9.97 Å². The number of thioether (sulfide) groups is 1. The van der Waals surface area contributed by atoms with Gasteiger partial charge in [0.25, 0.3) is 0 Å². The number of nitrogens with zero attached hydrogens (tertiary/aromatic N) is 2. The third-order valence-corrected chi connectivity index (χ3v) is 6.07. The zero-order valence-corrected chi connectivity index (χ0v) is 15.6. The Bertz CT molecular complexity index is 1010. The van der Waals surface area contributed by atoms with Crippen molar-refractivity contribution in [3.8, 4) is 5.75 Å². The lowest BCUT2D eigenvalue weighted by Crippen LogP contribution is -1.90. The van der Waals surface area contributed by atoms with Crippen LogP contribution in [0.1, 0.15) is 6.92 Å². The third kappa shape index (κ3) is 3.07. The summed E-state index contributed by atoms with van der Waals surface area (Å²) in [6.45, 7) is 2.65. The first-order valence-corrected chi connectivity index (χ1v) is 10.4. The Kier molecular flexibility index (Phi) is 4.30. The van der Waals surface area contributed by atoms with E-state index in [1.807, 2.05) is 25.1 Å². The van der Waals surface area contributed by atoms with Gasteiger partial charge in [-0.05, 0) is 49.6 Å². The lowest BCUT2D eigenvalue weighted by molar-refractivity contribution is 0.341. The second kappa shape index (κ2) is 6.58. The molecule has 0 saturated heterocycles. The van der Waals surface area contributed by atoms with E-state index in [1.54, 1.807) is 34.4 Å². The molecule has 0 radical (unpaired) electrons. The Hall–Kier alpha value is -1.83. The Morgan fingerprint density at radius 3 is 2.33 bits per heavy atom. The third-order valence-electron chi connectivity index (χ3n) is 3.48. The fraction of sp³-hybridized carbons (Fsp3) is 0.176. The van der Waals surface area contributed by atoms with E-state index in [0.717, 1.165) is 31.7 Å². The average molecular weight is 374 g/mol. The fourth-order valence-electron chi connectivity index (χ4n) is 2.39. The second-order valence-corrected chi connectivity index (χ2v) is 8.00. The van der Waals surface area contributed by atoms with Crippen LogP contribution in [-0.2, 0) is 0 Å². The van der Waals surface area contributed by atoms with Crippen LogP contribution in [0, 0.1) is 0 Å². The number of ether oxygens (including phenoxy) is 1. The van der Waals surface area contributed by atoms with Gasteiger partial charge in [0, 0.05) is 4.90 Å². The maximum absolute atomic E-state index is 5.55. The van der Waals surface area contributed by atoms with Crippen molar-refractivity contribution in [1.29, 1.82) is 0 Å². The number of nitrogens with one attached hydrogen (secondary N) is 1. The number of anilines is 2. The van der Waals surface area contributed by atoms with E-state index in [-0.39, 0.29) is 0 Å². The number of hydrogen-bond donors (Lipinski definition) is 1. The molecule has 2 aromatic heterocycles. The molecule has 0 bridgehead atoms. The first kappa shape index (κ1) is 15.7. The van der Waals surface area contributed by atoms with Crippen LogP contribution in [0.5, 0.6) is 5.75 Å². The Balaban J connectivity index is 1.63. The van der Waals surface area contributed by atoms with Crippen LogP contribution >= 0.6 is 34.4 Å². The molecule has 0 fully saturated rings. The van der Waals surface area contributed by atoms with E-state index in [1.165, 1.54) is 9.60 Å². The highest BCUT2D eigenvalue weighted by atomic mass is 32.2. The van der Waals surface area contributed by atoms with Gasteiger partial charge in [-0.15, -0.1) is 11.8 Å². The SMILES string of the molecule is CCOc1ccc2nc(Nc3nc4ccc(SC)cc4s3)sc2c1. The topological polar surface area (TPSA) is 47.0 Å². The molecule has 4 aromatic rings. The first-order chi connectivity index (χ1) is 11.7. The minimum atomic E-state index is 0.666. The Morgan fingerprint density at radius 2 is 1.67 bits per heavy atom. The van der Waals surface area contributed by atoms with Gasteiger partial charge in [0.15, 0.2) is 10.3 Å². The molecule has 0 aliphatic heterocycles. The number of thiazole rings is 2. The van der Waals surface area contributed by atoms with E-state index >= 15 is 0 Å². The highest BCUT2D eigenvalue weighted by molar-refractivity contribution is 7.98. The lowest BCUT2D eigenvalue weighted by atomic mass is 10.3. The molecule has 0 spiro atoms. The molecule has 4 rings (SSSR count). The van der Waals surface area contributed by atoms with Crippen molar-refractivity contribution in [2.24, 2.45) is 0 Å². The van der Waals surface area contributed by atoms with Gasteiger partial charge in [0.05, 0.1) is 27.0 Å². The normalized spacial score (nSPS) is 11.2. The minimum Gasteiger partial charge on any atom is -0.494 e. The number of rotatable bonds is 5. The zero-order valence-electron chi connectivity index (χ0n) is 13.2. The van der Waals surface area contributed by atoms with Gasteiger partial charge in [-0.2, -0.15) is 0 Å². The monoisotopic (exact) mass is 373 g/mol. The number of fused-ring (bicyclic) bond motifs is 2. The molecule has 4 nitrogen and oxygen atoms in total. The summed E-state index contributed by atoms with van der Waals surface area (Å²) in [6, 6.07) is 12.3. The van der Waals surface area contributed by atoms with E-state index in [2.05, 4.69) is 39.7 Å². The van der Waals surface area contributed by atoms with Gasteiger partial charge in [-0.1, -0.05) is 22.7 Å². The van der Waals surface area contributed by atoms with Gasteiger partial charge in [0.2, 0.25) is 0 Å². The molecule has 0 amide bonds. The molecular formula is C17H15N3OS3. The Morgan fingerprint density at radius 1 is 1.00 bits per heavy atom. The van der Waals surface area contributed by atoms with Crippen LogP contribution in [0.25, 0.3) is 20.4 Å². The van der Waals surface area contributed by atoms with Crippen LogP contribution in [0.15, 0.2) is 41.3 Å². The second-order valence-electron chi connectivity index (χ2n) is 5.06. The summed E-state index contributed by atoms with van der Waals surface area (Å²) in [4.78, 5) is 10.5. The number of aromatic nitrogens is 2. The molecule has 24 heavy (non-hydrogen) atoms. The molecule has 0 saturated carbocycles. The molecule has 0 unspecified atom stereocenters. The molecular weight excluding hydrogens is 358 g/mol. The minimum absolute atomic E-state index is 0.666. The van der Waals surface area contributed by atoms with Crippen molar-refractivity contribution in [3.05, 3.63) is 36.4 Å². The maximum Gasteiger partial charge on any atom is 0.190 e. The van der Waals surface area contributed by atoms with Crippen LogP contribution in [0.4, 0.5) is 10.3 Å². The van der Waals surface area contributed by atoms with Gasteiger partial charge in [-0.3, -0.25) is 0 Å². The smallest absolute Gasteiger partial charge is 0.190 e. The summed E-state index contributed by atoms with van der Waals surface area (Å²) in [5, 5.41) is 5.06. The van der Waals surface area contributed by atoms with Gasteiger partial charge < -0.3 is 10.1 Å². The van der Waals surface area contributed by atoms with Crippen molar-refractivity contribution in [2.75, 3.05) is 18.2 Å². The standard InChI is InChI=1S/C17H15N3OS3/c1-3-21-10-4-6-12-14(8-10)23-16(18-12)20-17-19-13-7-5-11(22-2)9-15(13)24-17/h4-9H,3H2,1-2H3,(H,18,19,20). The van der Waals surface area contributed by atoms with Crippen LogP contribution in [0.3, 0.4) is 0 Å². The molecule has 1 N–H and O–H groups in total. The first-order valence-electron chi connectivity index (χ1n) is 7.50. The van der Waals surface area contributed by atoms with E-state index in [4.69, 9.17) is 4.74 Å². The summed E-state index contributed by atoms with van der Waals surface area (Å²) in [7, 11) is 0. The largest absolute Gasteiger partial charge is 0.494 e. The molecule has 2 aromatic carbocycles. The maximum atomic E-state index is 5.55. The van der Waals surface area contributed by atoms with Crippen LogP contribution in [0.2, 0.25) is 0 Å². The number of hydrogen-bond acceptors (Lipinski definition) is 7.